The molecule has 0 amide bonds. The summed E-state index contributed by atoms with van der Waals surface area (Å²) in [5.41, 5.74) is 0. The lowest BCUT2D eigenvalue weighted by Gasteiger charge is -1.79. The van der Waals surface area contributed by atoms with Crippen molar-refractivity contribution in [2.45, 2.75) is 0 Å². The Labute approximate surface area is 56.6 Å². The molecular formula is C4H4N6. The summed E-state index contributed by atoms with van der Waals surface area (Å²) >= 11 is 0. The third-order valence-electron chi connectivity index (χ3n) is 0.718. The Bertz CT molecular complexity index is 241. The lowest BCUT2D eigenvalue weighted by atomic mass is 11.0. The van der Waals surface area contributed by atoms with Crippen molar-refractivity contribution in [3.8, 4) is 6.19 Å². The van der Waals surface area contributed by atoms with Crippen molar-refractivity contribution in [3.05, 3.63) is 6.33 Å². The van der Waals surface area contributed by atoms with Crippen LogP contribution in [0, 0.1) is 11.5 Å². The summed E-state index contributed by atoms with van der Waals surface area (Å²) in [5.74, 6) is 0.364. The number of hydrogen-bond acceptors (Lipinski definition) is 4. The number of nitrogens with zero attached hydrogens (tertiary/aromatic N) is 4. The maximum atomic E-state index is 8.00. The highest BCUT2D eigenvalue weighted by Gasteiger charge is 1.84. The minimum Gasteiger partial charge on any atom is -0.283 e. The highest BCUT2D eigenvalue weighted by Crippen LogP contribution is 1.94. The Morgan fingerprint density at radius 2 is 2.80 bits per heavy atom. The average Bonchev–Trinajstić information content (AvgIpc) is 2.41. The van der Waals surface area contributed by atoms with Crippen molar-refractivity contribution in [2.75, 3.05) is 0 Å². The van der Waals surface area contributed by atoms with Crippen molar-refractivity contribution in [2.24, 2.45) is 4.99 Å². The van der Waals surface area contributed by atoms with Gasteiger partial charge in [0.15, 0.2) is 6.19 Å². The largest absolute Gasteiger partial charge is 0.283 e. The van der Waals surface area contributed by atoms with Crippen LogP contribution >= 0.6 is 0 Å². The molecule has 0 atom stereocenters. The van der Waals surface area contributed by atoms with Crippen LogP contribution in [-0.2, 0) is 0 Å². The minimum absolute atomic E-state index is 0.364. The standard InChI is InChI=1S/C4H4N6/c5-1-6-2-7-4-8-3-9-10-4/h2-3H,(H2,6,7,8,9,10). The Hall–Kier alpha value is -1.90. The molecule has 2 N–H and O–H groups in total. The van der Waals surface area contributed by atoms with Crippen molar-refractivity contribution in [1.82, 2.24) is 20.5 Å². The minimum atomic E-state index is 0.364. The van der Waals surface area contributed by atoms with Crippen LogP contribution in [0.25, 0.3) is 0 Å². The first kappa shape index (κ1) is 6.22. The number of aromatic nitrogens is 3. The fourth-order valence-electron chi connectivity index (χ4n) is 0.384. The molecule has 6 heteroatoms. The molecule has 0 bridgehead atoms. The number of nitrogens with one attached hydrogen (secondary N) is 2. The van der Waals surface area contributed by atoms with Gasteiger partial charge in [0, 0.05) is 0 Å². The molecule has 1 heterocycles. The number of aromatic amines is 1. The zero-order valence-electron chi connectivity index (χ0n) is 4.94. The van der Waals surface area contributed by atoms with Crippen LogP contribution in [-0.4, -0.2) is 21.5 Å². The first-order valence-electron chi connectivity index (χ1n) is 2.46. The Morgan fingerprint density at radius 3 is 3.40 bits per heavy atom. The summed E-state index contributed by atoms with van der Waals surface area (Å²) in [4.78, 5) is 7.34. The number of rotatable bonds is 2. The molecule has 0 aromatic carbocycles. The van der Waals surface area contributed by atoms with Gasteiger partial charge in [-0.1, -0.05) is 0 Å². The summed E-state index contributed by atoms with van der Waals surface area (Å²) < 4.78 is 0. The van der Waals surface area contributed by atoms with E-state index in [1.807, 2.05) is 0 Å². The molecule has 10 heavy (non-hydrogen) atoms. The third-order valence-corrected chi connectivity index (χ3v) is 0.718. The molecule has 0 saturated carbocycles. The summed E-state index contributed by atoms with van der Waals surface area (Å²) in [7, 11) is 0. The van der Waals surface area contributed by atoms with Gasteiger partial charge in [0.1, 0.15) is 12.7 Å². The third kappa shape index (κ3) is 1.56. The van der Waals surface area contributed by atoms with Crippen molar-refractivity contribution < 1.29 is 0 Å². The van der Waals surface area contributed by atoms with E-state index in [0.29, 0.717) is 5.95 Å². The normalized spacial score (nSPS) is 9.50. The Balaban J connectivity index is 2.49. The SMILES string of the molecule is N#CN/C=N/c1ncn[nH]1. The van der Waals surface area contributed by atoms with E-state index in [2.05, 4.69) is 25.5 Å². The van der Waals surface area contributed by atoms with E-state index < -0.39 is 0 Å². The molecule has 1 rings (SSSR count). The second-order valence-electron chi connectivity index (χ2n) is 1.32. The van der Waals surface area contributed by atoms with Crippen molar-refractivity contribution in [3.63, 3.8) is 0 Å². The molecule has 0 radical (unpaired) electrons. The van der Waals surface area contributed by atoms with E-state index in [4.69, 9.17) is 5.26 Å². The van der Waals surface area contributed by atoms with Crippen molar-refractivity contribution >= 4 is 12.3 Å². The average molecular weight is 136 g/mol. The zero-order valence-corrected chi connectivity index (χ0v) is 4.94. The Morgan fingerprint density at radius 1 is 1.90 bits per heavy atom. The molecule has 6 nitrogen and oxygen atoms in total. The molecule has 0 spiro atoms. The van der Waals surface area contributed by atoms with Crippen LogP contribution in [0.3, 0.4) is 0 Å². The molecule has 50 valence electrons. The van der Waals surface area contributed by atoms with Gasteiger partial charge in [0.2, 0.25) is 5.95 Å². The molecule has 0 fully saturated rings. The first-order chi connectivity index (χ1) is 4.93. The topological polar surface area (TPSA) is 89.8 Å². The van der Waals surface area contributed by atoms with Gasteiger partial charge < -0.3 is 0 Å². The van der Waals surface area contributed by atoms with Gasteiger partial charge in [-0.2, -0.15) is 15.3 Å². The fraction of sp³-hybridized carbons (Fsp3) is 0. The van der Waals surface area contributed by atoms with Crippen LogP contribution in [0.1, 0.15) is 0 Å². The lowest BCUT2D eigenvalue weighted by Crippen LogP contribution is -1.99. The van der Waals surface area contributed by atoms with Gasteiger partial charge in [-0.05, 0) is 0 Å². The lowest BCUT2D eigenvalue weighted by molar-refractivity contribution is 1.08. The van der Waals surface area contributed by atoms with Gasteiger partial charge in [-0.25, -0.2) is 10.1 Å². The van der Waals surface area contributed by atoms with E-state index in [9.17, 15) is 0 Å². The van der Waals surface area contributed by atoms with Crippen LogP contribution in [0.4, 0.5) is 5.95 Å². The Kier molecular flexibility index (Phi) is 1.99. The van der Waals surface area contributed by atoms with Crippen LogP contribution in [0.2, 0.25) is 0 Å². The summed E-state index contributed by atoms with van der Waals surface area (Å²) in [6, 6.07) is 0. The summed E-state index contributed by atoms with van der Waals surface area (Å²) in [6.45, 7) is 0. The second kappa shape index (κ2) is 3.19. The molecular weight excluding hydrogens is 132 g/mol. The molecule has 1 aromatic heterocycles. The van der Waals surface area contributed by atoms with Crippen LogP contribution < -0.4 is 5.32 Å². The molecule has 0 saturated heterocycles. The van der Waals surface area contributed by atoms with E-state index in [-0.39, 0.29) is 0 Å². The number of nitriles is 1. The van der Waals surface area contributed by atoms with Gasteiger partial charge in [-0.15, -0.1) is 0 Å². The van der Waals surface area contributed by atoms with Crippen molar-refractivity contribution in [1.29, 1.82) is 5.26 Å². The van der Waals surface area contributed by atoms with Gasteiger partial charge in [-0.3, -0.25) is 5.32 Å². The predicted molar refractivity (Wildman–Crippen MR) is 33.3 cm³/mol. The molecule has 0 unspecified atom stereocenters. The van der Waals surface area contributed by atoms with Gasteiger partial charge in [0.05, 0.1) is 0 Å². The van der Waals surface area contributed by atoms with E-state index in [0.717, 1.165) is 0 Å². The van der Waals surface area contributed by atoms with E-state index in [1.165, 1.54) is 12.7 Å². The number of hydrogen-bond donors (Lipinski definition) is 2. The van der Waals surface area contributed by atoms with Crippen LogP contribution in [0.5, 0.6) is 0 Å². The van der Waals surface area contributed by atoms with E-state index >= 15 is 0 Å². The summed E-state index contributed by atoms with van der Waals surface area (Å²) in [5, 5.41) is 16.2. The number of aliphatic imine (C=N–C) groups is 1. The zero-order chi connectivity index (χ0) is 7.23. The molecule has 0 aliphatic carbocycles. The molecule has 0 aliphatic rings. The molecule has 1 aromatic rings. The fourth-order valence-corrected chi connectivity index (χ4v) is 0.384. The van der Waals surface area contributed by atoms with Gasteiger partial charge in [0.25, 0.3) is 0 Å². The maximum absolute atomic E-state index is 8.00. The number of H-pyrrole nitrogens is 1. The maximum Gasteiger partial charge on any atom is 0.246 e. The first-order valence-corrected chi connectivity index (χ1v) is 2.46. The summed E-state index contributed by atoms with van der Waals surface area (Å²) in [6.07, 6.45) is 4.22. The van der Waals surface area contributed by atoms with E-state index in [1.54, 1.807) is 6.19 Å². The highest BCUT2D eigenvalue weighted by atomic mass is 15.3. The van der Waals surface area contributed by atoms with Crippen LogP contribution in [0.15, 0.2) is 11.3 Å². The highest BCUT2D eigenvalue weighted by molar-refractivity contribution is 5.59. The molecule has 0 aliphatic heterocycles. The quantitative estimate of drug-likeness (QED) is 0.249. The smallest absolute Gasteiger partial charge is 0.246 e. The monoisotopic (exact) mass is 136 g/mol. The predicted octanol–water partition coefficient (Wildman–Crippen LogP) is -0.465. The van der Waals surface area contributed by atoms with Gasteiger partial charge >= 0.3 is 0 Å². The second-order valence-corrected chi connectivity index (χ2v) is 1.32.